The molecular weight excluding hydrogens is 324 g/mol. The molecule has 0 radical (unpaired) electrons. The van der Waals surface area contributed by atoms with Crippen LogP contribution in [0, 0.1) is 5.41 Å². The molecule has 124 valence electrons. The highest BCUT2D eigenvalue weighted by atomic mass is 32.2. The highest BCUT2D eigenvalue weighted by Crippen LogP contribution is 2.35. The summed E-state index contributed by atoms with van der Waals surface area (Å²) < 4.78 is 31.9. The monoisotopic (exact) mass is 346 g/mol. The smallest absolute Gasteiger partial charge is 0.213 e. The van der Waals surface area contributed by atoms with Gasteiger partial charge in [-0.3, -0.25) is 0 Å². The molecule has 2 saturated heterocycles. The Hall–Kier alpha value is -0.770. The minimum absolute atomic E-state index is 0.150. The van der Waals surface area contributed by atoms with Crippen molar-refractivity contribution in [2.24, 2.45) is 5.41 Å². The fraction of sp³-hybridized carbons (Fsp3) is 0.846. The first-order valence-electron chi connectivity index (χ1n) is 7.61. The molecule has 0 aromatic carbocycles. The first kappa shape index (κ1) is 16.1. The third kappa shape index (κ3) is 3.27. The number of aromatic nitrogens is 2. The van der Waals surface area contributed by atoms with Gasteiger partial charge in [0.05, 0.1) is 19.0 Å². The number of sulfonamides is 1. The van der Waals surface area contributed by atoms with Gasteiger partial charge in [0.25, 0.3) is 0 Å². The molecule has 3 rings (SSSR count). The lowest BCUT2D eigenvalue weighted by atomic mass is 9.81. The van der Waals surface area contributed by atoms with Crippen molar-refractivity contribution in [1.29, 1.82) is 0 Å². The van der Waals surface area contributed by atoms with Crippen LogP contribution in [0.25, 0.3) is 0 Å². The Morgan fingerprint density at radius 1 is 1.41 bits per heavy atom. The van der Waals surface area contributed by atoms with Crippen molar-refractivity contribution in [3.63, 3.8) is 0 Å². The van der Waals surface area contributed by atoms with E-state index in [1.165, 1.54) is 11.3 Å². The van der Waals surface area contributed by atoms with Gasteiger partial charge in [-0.05, 0) is 19.8 Å². The molecule has 9 heteroatoms. The Labute approximate surface area is 135 Å². The van der Waals surface area contributed by atoms with E-state index in [0.29, 0.717) is 26.3 Å². The number of hydrogen-bond acceptors (Lipinski definition) is 7. The van der Waals surface area contributed by atoms with E-state index >= 15 is 0 Å². The first-order chi connectivity index (χ1) is 10.5. The van der Waals surface area contributed by atoms with Crippen LogP contribution in [0.1, 0.15) is 19.8 Å². The van der Waals surface area contributed by atoms with Crippen molar-refractivity contribution in [3.8, 4) is 0 Å². The standard InChI is InChI=1S/C13H22N4O3S2/c1-2-22(18,19)17-5-3-4-13(9-17)8-16(6-7-20-10-13)12-15-14-11-21-12/h11H,2-10H2,1H3. The SMILES string of the molecule is CCS(=O)(=O)N1CCCC2(COCCN(c3nncs3)C2)C1. The fourth-order valence-electron chi connectivity index (χ4n) is 3.29. The summed E-state index contributed by atoms with van der Waals surface area (Å²) in [6.45, 7) is 5.66. The van der Waals surface area contributed by atoms with Crippen molar-refractivity contribution in [2.45, 2.75) is 19.8 Å². The molecule has 2 aliphatic heterocycles. The third-order valence-corrected chi connectivity index (χ3v) is 7.02. The summed E-state index contributed by atoms with van der Waals surface area (Å²) in [6, 6.07) is 0. The molecule has 0 amide bonds. The molecule has 1 aromatic rings. The van der Waals surface area contributed by atoms with Crippen molar-refractivity contribution in [3.05, 3.63) is 5.51 Å². The van der Waals surface area contributed by atoms with Crippen LogP contribution in [0.3, 0.4) is 0 Å². The molecule has 2 fully saturated rings. The molecule has 2 aliphatic rings. The molecule has 7 nitrogen and oxygen atoms in total. The van der Waals surface area contributed by atoms with E-state index in [1.807, 2.05) is 0 Å². The van der Waals surface area contributed by atoms with Crippen molar-refractivity contribution in [2.75, 3.05) is 50.0 Å². The maximum absolute atomic E-state index is 12.2. The summed E-state index contributed by atoms with van der Waals surface area (Å²) in [7, 11) is -3.15. The lowest BCUT2D eigenvalue weighted by molar-refractivity contribution is 0.0351. The van der Waals surface area contributed by atoms with Crippen LogP contribution in [0.5, 0.6) is 0 Å². The molecule has 0 saturated carbocycles. The highest BCUT2D eigenvalue weighted by molar-refractivity contribution is 7.89. The molecule has 1 unspecified atom stereocenters. The van der Waals surface area contributed by atoms with Gasteiger partial charge in [0.1, 0.15) is 5.51 Å². The molecular formula is C13H22N4O3S2. The fourth-order valence-corrected chi connectivity index (χ4v) is 5.12. The zero-order valence-electron chi connectivity index (χ0n) is 12.8. The van der Waals surface area contributed by atoms with Crippen molar-refractivity contribution in [1.82, 2.24) is 14.5 Å². The Morgan fingerprint density at radius 2 is 2.27 bits per heavy atom. The lowest BCUT2D eigenvalue weighted by Crippen LogP contribution is -2.52. The van der Waals surface area contributed by atoms with Gasteiger partial charge in [-0.1, -0.05) is 11.3 Å². The normalized spacial score (nSPS) is 28.0. The number of piperidine rings is 1. The molecule has 1 aromatic heterocycles. The average Bonchev–Trinajstić information content (AvgIpc) is 2.98. The topological polar surface area (TPSA) is 75.6 Å². The average molecular weight is 346 g/mol. The number of rotatable bonds is 3. The number of ether oxygens (including phenoxy) is 1. The quantitative estimate of drug-likeness (QED) is 0.806. The summed E-state index contributed by atoms with van der Waals surface area (Å²) in [5.41, 5.74) is 1.57. The Bertz CT molecular complexity index is 592. The molecule has 0 aliphatic carbocycles. The van der Waals surface area contributed by atoms with Gasteiger partial charge in [0.15, 0.2) is 0 Å². The summed E-state index contributed by atoms with van der Waals surface area (Å²) in [6.07, 6.45) is 1.87. The number of nitrogens with zero attached hydrogens (tertiary/aromatic N) is 4. The van der Waals surface area contributed by atoms with Gasteiger partial charge in [-0.15, -0.1) is 10.2 Å². The second-order valence-electron chi connectivity index (χ2n) is 6.03. The predicted octanol–water partition coefficient (Wildman–Crippen LogP) is 0.807. The zero-order chi connectivity index (χ0) is 15.6. The summed E-state index contributed by atoms with van der Waals surface area (Å²) >= 11 is 1.51. The molecule has 0 bridgehead atoms. The Kier molecular flexibility index (Phi) is 4.67. The van der Waals surface area contributed by atoms with Crippen molar-refractivity contribution >= 4 is 26.5 Å². The lowest BCUT2D eigenvalue weighted by Gasteiger charge is -2.42. The molecule has 1 atom stereocenters. The molecule has 3 heterocycles. The van der Waals surface area contributed by atoms with E-state index in [0.717, 1.165) is 31.1 Å². The van der Waals surface area contributed by atoms with Crippen molar-refractivity contribution < 1.29 is 13.2 Å². The highest BCUT2D eigenvalue weighted by Gasteiger charge is 2.42. The van der Waals surface area contributed by atoms with E-state index < -0.39 is 10.0 Å². The molecule has 0 N–H and O–H groups in total. The van der Waals surface area contributed by atoms with Gasteiger partial charge in [-0.25, -0.2) is 12.7 Å². The number of hydrogen-bond donors (Lipinski definition) is 0. The van der Waals surface area contributed by atoms with Crippen LogP contribution in [0.15, 0.2) is 5.51 Å². The summed E-state index contributed by atoms with van der Waals surface area (Å²) in [5, 5.41) is 8.95. The maximum Gasteiger partial charge on any atom is 0.213 e. The van der Waals surface area contributed by atoms with Crippen LogP contribution in [0.2, 0.25) is 0 Å². The van der Waals surface area contributed by atoms with Crippen LogP contribution in [-0.2, 0) is 14.8 Å². The molecule has 1 spiro atoms. The van der Waals surface area contributed by atoms with Gasteiger partial charge >= 0.3 is 0 Å². The van der Waals surface area contributed by atoms with Gasteiger partial charge < -0.3 is 9.64 Å². The van der Waals surface area contributed by atoms with E-state index in [4.69, 9.17) is 4.74 Å². The second-order valence-corrected chi connectivity index (χ2v) is 9.10. The van der Waals surface area contributed by atoms with Gasteiger partial charge in [-0.2, -0.15) is 0 Å². The van der Waals surface area contributed by atoms with Crippen LogP contribution in [0.4, 0.5) is 5.13 Å². The Morgan fingerprint density at radius 3 is 3.00 bits per heavy atom. The maximum atomic E-state index is 12.2. The van der Waals surface area contributed by atoms with E-state index in [-0.39, 0.29) is 11.2 Å². The molecule has 22 heavy (non-hydrogen) atoms. The zero-order valence-corrected chi connectivity index (χ0v) is 14.4. The van der Waals surface area contributed by atoms with E-state index in [9.17, 15) is 8.42 Å². The number of anilines is 1. The summed E-state index contributed by atoms with van der Waals surface area (Å²) in [4.78, 5) is 2.19. The van der Waals surface area contributed by atoms with E-state index in [2.05, 4.69) is 15.1 Å². The first-order valence-corrected chi connectivity index (χ1v) is 10.1. The van der Waals surface area contributed by atoms with Crippen LogP contribution < -0.4 is 4.90 Å². The largest absolute Gasteiger partial charge is 0.379 e. The van der Waals surface area contributed by atoms with E-state index in [1.54, 1.807) is 16.7 Å². The summed E-state index contributed by atoms with van der Waals surface area (Å²) in [5.74, 6) is 0.157. The van der Waals surface area contributed by atoms with Crippen LogP contribution >= 0.6 is 11.3 Å². The van der Waals surface area contributed by atoms with Gasteiger partial charge in [0.2, 0.25) is 15.2 Å². The minimum atomic E-state index is -3.15. The minimum Gasteiger partial charge on any atom is -0.379 e. The predicted molar refractivity (Wildman–Crippen MR) is 85.6 cm³/mol. The third-order valence-electron chi connectivity index (χ3n) is 4.44. The Balaban J connectivity index is 1.81. The van der Waals surface area contributed by atoms with Crippen LogP contribution in [-0.4, -0.2) is 68.1 Å². The second kappa shape index (κ2) is 6.38. The van der Waals surface area contributed by atoms with Gasteiger partial charge in [0, 0.05) is 31.6 Å².